The van der Waals surface area contributed by atoms with E-state index in [1.165, 1.54) is 31.1 Å². The first-order chi connectivity index (χ1) is 9.83. The maximum atomic E-state index is 4.71. The van der Waals surface area contributed by atoms with Crippen LogP contribution in [0, 0.1) is 11.8 Å². The van der Waals surface area contributed by atoms with Gasteiger partial charge < -0.3 is 5.32 Å². The fourth-order valence-corrected chi connectivity index (χ4v) is 3.29. The molecule has 0 amide bonds. The Morgan fingerprint density at radius 2 is 1.95 bits per heavy atom. The highest BCUT2D eigenvalue weighted by atomic mass is 14.9. The number of hydrogen-bond acceptors (Lipinski definition) is 2. The molecule has 0 bridgehead atoms. The molecule has 1 N–H and O–H groups in total. The topological polar surface area (TPSA) is 24.9 Å². The number of rotatable bonds is 4. The van der Waals surface area contributed by atoms with Crippen LogP contribution in [0.4, 0.5) is 0 Å². The van der Waals surface area contributed by atoms with E-state index in [2.05, 4.69) is 48.6 Å². The van der Waals surface area contributed by atoms with Crippen LogP contribution in [-0.2, 0) is 6.54 Å². The van der Waals surface area contributed by atoms with Gasteiger partial charge in [-0.05, 0) is 36.9 Å². The van der Waals surface area contributed by atoms with Gasteiger partial charge in [0, 0.05) is 11.9 Å². The molecule has 2 atom stereocenters. The second kappa shape index (κ2) is 6.36. The molecule has 1 aliphatic carbocycles. The highest BCUT2D eigenvalue weighted by Crippen LogP contribution is 2.28. The van der Waals surface area contributed by atoms with E-state index in [0.29, 0.717) is 0 Å². The van der Waals surface area contributed by atoms with E-state index in [-0.39, 0.29) is 0 Å². The van der Waals surface area contributed by atoms with Crippen molar-refractivity contribution in [3.8, 4) is 0 Å². The van der Waals surface area contributed by atoms with Gasteiger partial charge in [0.25, 0.3) is 0 Å². The lowest BCUT2D eigenvalue weighted by Crippen LogP contribution is -2.29. The molecule has 106 valence electrons. The van der Waals surface area contributed by atoms with Crippen LogP contribution in [0.5, 0.6) is 0 Å². The molecule has 2 heteroatoms. The Balaban J connectivity index is 1.56. The van der Waals surface area contributed by atoms with Crippen LogP contribution in [0.15, 0.2) is 36.4 Å². The average molecular weight is 268 g/mol. The van der Waals surface area contributed by atoms with Crippen molar-refractivity contribution in [2.75, 3.05) is 6.54 Å². The number of para-hydroxylation sites is 1. The minimum Gasteiger partial charge on any atom is -0.311 e. The van der Waals surface area contributed by atoms with Crippen molar-refractivity contribution in [3.05, 3.63) is 42.1 Å². The molecule has 1 saturated carbocycles. The number of hydrogen-bond donors (Lipinski definition) is 1. The quantitative estimate of drug-likeness (QED) is 0.901. The highest BCUT2D eigenvalue weighted by Gasteiger charge is 2.20. The SMILES string of the molecule is CC1CCCCC1CNCc1ccc2ccccc2n1. The third-order valence-corrected chi connectivity index (χ3v) is 4.66. The van der Waals surface area contributed by atoms with Gasteiger partial charge in [0.1, 0.15) is 0 Å². The van der Waals surface area contributed by atoms with E-state index in [1.807, 2.05) is 0 Å². The summed E-state index contributed by atoms with van der Waals surface area (Å²) in [5.41, 5.74) is 2.24. The standard InChI is InChI=1S/C18H24N2/c1-14-6-2-3-8-16(14)12-19-13-17-11-10-15-7-4-5-9-18(15)20-17/h4-5,7,9-11,14,16,19H,2-3,6,8,12-13H2,1H3. The van der Waals surface area contributed by atoms with Crippen LogP contribution in [0.1, 0.15) is 38.3 Å². The highest BCUT2D eigenvalue weighted by molar-refractivity contribution is 5.78. The van der Waals surface area contributed by atoms with Crippen LogP contribution in [-0.4, -0.2) is 11.5 Å². The van der Waals surface area contributed by atoms with E-state index >= 15 is 0 Å². The van der Waals surface area contributed by atoms with Crippen LogP contribution in [0.3, 0.4) is 0 Å². The van der Waals surface area contributed by atoms with Crippen LogP contribution in [0.2, 0.25) is 0 Å². The first kappa shape index (κ1) is 13.6. The Hall–Kier alpha value is -1.41. The van der Waals surface area contributed by atoms with Crippen molar-refractivity contribution in [1.82, 2.24) is 10.3 Å². The molecule has 0 spiro atoms. The summed E-state index contributed by atoms with van der Waals surface area (Å²) in [6.45, 7) is 4.42. The second-order valence-electron chi connectivity index (χ2n) is 6.15. The number of pyridine rings is 1. The van der Waals surface area contributed by atoms with E-state index in [1.54, 1.807) is 0 Å². The summed E-state index contributed by atoms with van der Waals surface area (Å²) in [6.07, 6.45) is 5.62. The molecule has 3 rings (SSSR count). The van der Waals surface area contributed by atoms with Crippen LogP contribution >= 0.6 is 0 Å². The zero-order chi connectivity index (χ0) is 13.8. The van der Waals surface area contributed by atoms with Gasteiger partial charge in [-0.25, -0.2) is 0 Å². The molecule has 1 aromatic heterocycles. The number of nitrogens with one attached hydrogen (secondary N) is 1. The maximum absolute atomic E-state index is 4.71. The molecule has 2 nitrogen and oxygen atoms in total. The molecule has 2 unspecified atom stereocenters. The second-order valence-corrected chi connectivity index (χ2v) is 6.15. The third-order valence-electron chi connectivity index (χ3n) is 4.66. The van der Waals surface area contributed by atoms with E-state index in [4.69, 9.17) is 4.98 Å². The number of aromatic nitrogens is 1. The van der Waals surface area contributed by atoms with Crippen molar-refractivity contribution >= 4 is 10.9 Å². The minimum absolute atomic E-state index is 0.851. The maximum Gasteiger partial charge on any atom is 0.0705 e. The Labute approximate surface area is 121 Å². The van der Waals surface area contributed by atoms with Gasteiger partial charge in [-0.15, -0.1) is 0 Å². The predicted octanol–water partition coefficient (Wildman–Crippen LogP) is 4.15. The summed E-state index contributed by atoms with van der Waals surface area (Å²) >= 11 is 0. The number of fused-ring (bicyclic) bond motifs is 1. The molecule has 1 aromatic carbocycles. The zero-order valence-corrected chi connectivity index (χ0v) is 12.3. The van der Waals surface area contributed by atoms with Gasteiger partial charge in [0.05, 0.1) is 11.2 Å². The smallest absolute Gasteiger partial charge is 0.0705 e. The lowest BCUT2D eigenvalue weighted by atomic mass is 9.80. The Morgan fingerprint density at radius 3 is 2.85 bits per heavy atom. The first-order valence-electron chi connectivity index (χ1n) is 7.88. The Bertz CT molecular complexity index is 564. The van der Waals surface area contributed by atoms with Gasteiger partial charge in [-0.1, -0.05) is 50.5 Å². The minimum atomic E-state index is 0.851. The van der Waals surface area contributed by atoms with Gasteiger partial charge >= 0.3 is 0 Å². The molecule has 0 radical (unpaired) electrons. The fourth-order valence-electron chi connectivity index (χ4n) is 3.29. The van der Waals surface area contributed by atoms with Crippen molar-refractivity contribution < 1.29 is 0 Å². The van der Waals surface area contributed by atoms with Crippen molar-refractivity contribution in [2.24, 2.45) is 11.8 Å². The third kappa shape index (κ3) is 3.18. The predicted molar refractivity (Wildman–Crippen MR) is 84.6 cm³/mol. The van der Waals surface area contributed by atoms with E-state index in [9.17, 15) is 0 Å². The lowest BCUT2D eigenvalue weighted by Gasteiger charge is -2.28. The molecular formula is C18H24N2. The van der Waals surface area contributed by atoms with E-state index in [0.717, 1.165) is 36.1 Å². The average Bonchev–Trinajstić information content (AvgIpc) is 2.49. The van der Waals surface area contributed by atoms with Crippen LogP contribution < -0.4 is 5.32 Å². The van der Waals surface area contributed by atoms with Gasteiger partial charge in [0.2, 0.25) is 0 Å². The fraction of sp³-hybridized carbons (Fsp3) is 0.500. The van der Waals surface area contributed by atoms with Gasteiger partial charge in [-0.3, -0.25) is 4.98 Å². The van der Waals surface area contributed by atoms with Gasteiger partial charge in [0.15, 0.2) is 0 Å². The Morgan fingerprint density at radius 1 is 1.10 bits per heavy atom. The van der Waals surface area contributed by atoms with Gasteiger partial charge in [-0.2, -0.15) is 0 Å². The van der Waals surface area contributed by atoms with Crippen molar-refractivity contribution in [1.29, 1.82) is 0 Å². The largest absolute Gasteiger partial charge is 0.311 e. The molecule has 20 heavy (non-hydrogen) atoms. The monoisotopic (exact) mass is 268 g/mol. The molecule has 2 aromatic rings. The lowest BCUT2D eigenvalue weighted by molar-refractivity contribution is 0.247. The molecule has 0 saturated heterocycles. The Kier molecular flexibility index (Phi) is 4.31. The number of benzene rings is 1. The van der Waals surface area contributed by atoms with Crippen LogP contribution in [0.25, 0.3) is 10.9 Å². The summed E-state index contributed by atoms with van der Waals surface area (Å²) in [6, 6.07) is 12.6. The summed E-state index contributed by atoms with van der Waals surface area (Å²) in [7, 11) is 0. The molecule has 1 aliphatic rings. The zero-order valence-electron chi connectivity index (χ0n) is 12.3. The first-order valence-corrected chi connectivity index (χ1v) is 7.88. The van der Waals surface area contributed by atoms with Crippen molar-refractivity contribution in [2.45, 2.75) is 39.2 Å². The molecular weight excluding hydrogens is 244 g/mol. The molecule has 0 aliphatic heterocycles. The summed E-state index contributed by atoms with van der Waals surface area (Å²) < 4.78 is 0. The summed E-state index contributed by atoms with van der Waals surface area (Å²) in [5, 5.41) is 4.82. The van der Waals surface area contributed by atoms with E-state index < -0.39 is 0 Å². The van der Waals surface area contributed by atoms with Crippen molar-refractivity contribution in [3.63, 3.8) is 0 Å². The summed E-state index contributed by atoms with van der Waals surface area (Å²) in [4.78, 5) is 4.71. The normalized spacial score (nSPS) is 23.1. The molecule has 1 heterocycles. The number of nitrogens with zero attached hydrogens (tertiary/aromatic N) is 1. The molecule has 1 fully saturated rings. The summed E-state index contributed by atoms with van der Waals surface area (Å²) in [5.74, 6) is 1.73.